The lowest BCUT2D eigenvalue weighted by Gasteiger charge is -2.22. The molecule has 0 aromatic carbocycles. The number of hydrogen-bond donors (Lipinski definition) is 0. The number of hydrogen-bond acceptors (Lipinski definition) is 2. The predicted octanol–water partition coefficient (Wildman–Crippen LogP) is 1.14. The first-order valence-electron chi connectivity index (χ1n) is 4.26. The molecule has 0 N–H and O–H groups in total. The van der Waals surface area contributed by atoms with E-state index in [0.717, 1.165) is 6.54 Å². The fraction of sp³-hybridized carbons (Fsp3) is 0.889. The lowest BCUT2D eigenvalue weighted by molar-refractivity contribution is -0.140. The Hall–Kier alpha value is -0.570. The average Bonchev–Trinajstić information content (AvgIpc) is 2.00. The molecule has 0 aliphatic rings. The molecule has 0 aromatic heterocycles. The van der Waals surface area contributed by atoms with Crippen molar-refractivity contribution in [1.82, 2.24) is 4.90 Å². The van der Waals surface area contributed by atoms with Crippen LogP contribution in [0.15, 0.2) is 0 Å². The first kappa shape index (κ1) is 11.4. The number of nitrogens with zero attached hydrogens (tertiary/aromatic N) is 1. The lowest BCUT2D eigenvalue weighted by Crippen LogP contribution is -2.37. The second-order valence-electron chi connectivity index (χ2n) is 3.49. The number of methoxy groups -OCH3 is 1. The van der Waals surface area contributed by atoms with E-state index < -0.39 is 0 Å². The molecule has 0 heterocycles. The quantitative estimate of drug-likeness (QED) is 0.638. The molecule has 0 aromatic rings. The van der Waals surface area contributed by atoms with E-state index in [2.05, 4.69) is 13.8 Å². The zero-order valence-corrected chi connectivity index (χ0v) is 8.63. The molecular weight excluding hydrogens is 154 g/mol. The van der Waals surface area contributed by atoms with E-state index in [4.69, 9.17) is 4.74 Å². The van der Waals surface area contributed by atoms with Crippen LogP contribution < -0.4 is 0 Å². The summed E-state index contributed by atoms with van der Waals surface area (Å²) in [6.07, 6.45) is -0.325. The highest BCUT2D eigenvalue weighted by Gasteiger charge is 2.16. The second kappa shape index (κ2) is 5.14. The smallest absolute Gasteiger partial charge is 0.251 e. The Morgan fingerprint density at radius 2 is 1.92 bits per heavy atom. The molecule has 0 fully saturated rings. The number of rotatable bonds is 4. The first-order valence-corrected chi connectivity index (χ1v) is 4.26. The molecule has 1 unspecified atom stereocenters. The van der Waals surface area contributed by atoms with Gasteiger partial charge in [0.25, 0.3) is 5.91 Å². The Labute approximate surface area is 74.7 Å². The summed E-state index contributed by atoms with van der Waals surface area (Å²) >= 11 is 0. The van der Waals surface area contributed by atoms with Gasteiger partial charge >= 0.3 is 0 Å². The number of likely N-dealkylation sites (N-methyl/N-ethyl adjacent to an activating group) is 1. The molecule has 72 valence electrons. The molecule has 0 aliphatic carbocycles. The highest BCUT2D eigenvalue weighted by Crippen LogP contribution is 2.00. The fourth-order valence-electron chi connectivity index (χ4n) is 1.05. The van der Waals surface area contributed by atoms with E-state index in [1.54, 1.807) is 26.0 Å². The van der Waals surface area contributed by atoms with Gasteiger partial charge in [-0.1, -0.05) is 13.8 Å². The van der Waals surface area contributed by atoms with Crippen molar-refractivity contribution in [2.75, 3.05) is 20.7 Å². The van der Waals surface area contributed by atoms with Crippen LogP contribution in [0, 0.1) is 5.92 Å². The number of carbonyl (C=O) groups is 1. The Bertz CT molecular complexity index is 145. The standard InChI is InChI=1S/C9H19NO2/c1-7(2)6-10(4)9(11)8(3)12-5/h7-8H,6H2,1-5H3. The van der Waals surface area contributed by atoms with Gasteiger partial charge in [-0.3, -0.25) is 4.79 Å². The summed E-state index contributed by atoms with van der Waals surface area (Å²) in [7, 11) is 3.35. The highest BCUT2D eigenvalue weighted by molar-refractivity contribution is 5.80. The molecule has 3 nitrogen and oxygen atoms in total. The van der Waals surface area contributed by atoms with Crippen LogP contribution in [0.2, 0.25) is 0 Å². The maximum absolute atomic E-state index is 11.4. The summed E-state index contributed by atoms with van der Waals surface area (Å²) in [5.41, 5.74) is 0. The molecule has 0 saturated heterocycles. The molecule has 1 amide bonds. The molecule has 0 rings (SSSR count). The third kappa shape index (κ3) is 3.72. The second-order valence-corrected chi connectivity index (χ2v) is 3.49. The zero-order chi connectivity index (χ0) is 9.72. The summed E-state index contributed by atoms with van der Waals surface area (Å²) in [5.74, 6) is 0.550. The van der Waals surface area contributed by atoms with Crippen LogP contribution in [0.25, 0.3) is 0 Å². The maximum Gasteiger partial charge on any atom is 0.251 e. The van der Waals surface area contributed by atoms with Gasteiger partial charge in [0.05, 0.1) is 0 Å². The normalized spacial score (nSPS) is 13.2. The van der Waals surface area contributed by atoms with Crippen LogP contribution in [0.3, 0.4) is 0 Å². The van der Waals surface area contributed by atoms with Gasteiger partial charge in [0, 0.05) is 20.7 Å². The van der Waals surface area contributed by atoms with E-state index >= 15 is 0 Å². The van der Waals surface area contributed by atoms with Crippen LogP contribution >= 0.6 is 0 Å². The van der Waals surface area contributed by atoms with Crippen molar-refractivity contribution >= 4 is 5.91 Å². The SMILES string of the molecule is COC(C)C(=O)N(C)CC(C)C. The number of ether oxygens (including phenoxy) is 1. The van der Waals surface area contributed by atoms with Crippen molar-refractivity contribution in [2.24, 2.45) is 5.92 Å². The molecule has 0 radical (unpaired) electrons. The van der Waals surface area contributed by atoms with Crippen LogP contribution in [-0.4, -0.2) is 37.6 Å². The van der Waals surface area contributed by atoms with Crippen molar-refractivity contribution in [3.8, 4) is 0 Å². The molecule has 0 bridgehead atoms. The van der Waals surface area contributed by atoms with Crippen molar-refractivity contribution in [2.45, 2.75) is 26.9 Å². The van der Waals surface area contributed by atoms with Gasteiger partial charge in [0.1, 0.15) is 6.10 Å². The first-order chi connectivity index (χ1) is 5.49. The van der Waals surface area contributed by atoms with Gasteiger partial charge in [-0.05, 0) is 12.8 Å². The Kier molecular flexibility index (Phi) is 4.90. The van der Waals surface area contributed by atoms with Gasteiger partial charge in [-0.25, -0.2) is 0 Å². The Balaban J connectivity index is 3.92. The van der Waals surface area contributed by atoms with Gasteiger partial charge in [-0.2, -0.15) is 0 Å². The Morgan fingerprint density at radius 3 is 2.25 bits per heavy atom. The minimum atomic E-state index is -0.325. The summed E-state index contributed by atoms with van der Waals surface area (Å²) < 4.78 is 4.92. The zero-order valence-electron chi connectivity index (χ0n) is 8.63. The van der Waals surface area contributed by atoms with Gasteiger partial charge in [0.15, 0.2) is 0 Å². The number of carbonyl (C=O) groups excluding carboxylic acids is 1. The van der Waals surface area contributed by atoms with E-state index in [9.17, 15) is 4.79 Å². The van der Waals surface area contributed by atoms with E-state index in [0.29, 0.717) is 5.92 Å². The monoisotopic (exact) mass is 173 g/mol. The summed E-state index contributed by atoms with van der Waals surface area (Å²) in [4.78, 5) is 13.1. The molecule has 0 saturated carbocycles. The van der Waals surface area contributed by atoms with Gasteiger partial charge in [-0.15, -0.1) is 0 Å². The van der Waals surface area contributed by atoms with Crippen molar-refractivity contribution in [3.05, 3.63) is 0 Å². The average molecular weight is 173 g/mol. The van der Waals surface area contributed by atoms with Crippen LogP contribution in [0.5, 0.6) is 0 Å². The topological polar surface area (TPSA) is 29.5 Å². The Morgan fingerprint density at radius 1 is 1.42 bits per heavy atom. The van der Waals surface area contributed by atoms with Crippen molar-refractivity contribution in [3.63, 3.8) is 0 Å². The highest BCUT2D eigenvalue weighted by atomic mass is 16.5. The lowest BCUT2D eigenvalue weighted by atomic mass is 10.2. The van der Waals surface area contributed by atoms with Crippen LogP contribution in [-0.2, 0) is 9.53 Å². The molecule has 1 atom stereocenters. The van der Waals surface area contributed by atoms with Crippen LogP contribution in [0.4, 0.5) is 0 Å². The van der Waals surface area contributed by atoms with E-state index in [-0.39, 0.29) is 12.0 Å². The number of amides is 1. The fourth-order valence-corrected chi connectivity index (χ4v) is 1.05. The minimum absolute atomic E-state index is 0.0474. The minimum Gasteiger partial charge on any atom is -0.372 e. The van der Waals surface area contributed by atoms with E-state index in [1.807, 2.05) is 0 Å². The van der Waals surface area contributed by atoms with E-state index in [1.165, 1.54) is 0 Å². The summed E-state index contributed by atoms with van der Waals surface area (Å²) in [6.45, 7) is 6.72. The van der Waals surface area contributed by atoms with Crippen molar-refractivity contribution in [1.29, 1.82) is 0 Å². The summed E-state index contributed by atoms with van der Waals surface area (Å²) in [6, 6.07) is 0. The molecule has 12 heavy (non-hydrogen) atoms. The van der Waals surface area contributed by atoms with Crippen molar-refractivity contribution < 1.29 is 9.53 Å². The largest absolute Gasteiger partial charge is 0.372 e. The summed E-state index contributed by atoms with van der Waals surface area (Å²) in [5, 5.41) is 0. The molecule has 3 heteroatoms. The maximum atomic E-state index is 11.4. The molecule has 0 aliphatic heterocycles. The molecule has 0 spiro atoms. The van der Waals surface area contributed by atoms with Crippen LogP contribution in [0.1, 0.15) is 20.8 Å². The predicted molar refractivity (Wildman–Crippen MR) is 48.9 cm³/mol. The van der Waals surface area contributed by atoms with Gasteiger partial charge in [0.2, 0.25) is 0 Å². The third-order valence-corrected chi connectivity index (χ3v) is 1.72. The van der Waals surface area contributed by atoms with Gasteiger partial charge < -0.3 is 9.64 Å². The molecular formula is C9H19NO2. The third-order valence-electron chi connectivity index (χ3n) is 1.72.